The summed E-state index contributed by atoms with van der Waals surface area (Å²) in [6.45, 7) is 6.50. The molecule has 8 nitrogen and oxygen atoms in total. The van der Waals surface area contributed by atoms with Gasteiger partial charge in [-0.05, 0) is 6.42 Å². The van der Waals surface area contributed by atoms with Crippen LogP contribution in [0.15, 0.2) is 0 Å². The van der Waals surface area contributed by atoms with Crippen LogP contribution < -0.4 is 5.32 Å². The summed E-state index contributed by atoms with van der Waals surface area (Å²) in [4.78, 5) is 40.4. The first-order chi connectivity index (χ1) is 10.4. The van der Waals surface area contributed by atoms with Crippen LogP contribution in [0.2, 0.25) is 6.04 Å². The zero-order valence-electron chi connectivity index (χ0n) is 12.9. The summed E-state index contributed by atoms with van der Waals surface area (Å²) in [5.74, 6) is -0.583. The van der Waals surface area contributed by atoms with Crippen molar-refractivity contribution in [1.82, 2.24) is 5.32 Å². The number of amides is 1. The summed E-state index contributed by atoms with van der Waals surface area (Å²) in [6.07, 6.45) is 0.830. The smallest absolute Gasteiger partial charge is 0.390 e. The average Bonchev–Trinajstić information content (AvgIpc) is 2.46. The van der Waals surface area contributed by atoms with Crippen LogP contribution in [0.3, 0.4) is 0 Å². The lowest BCUT2D eigenvalue weighted by molar-refractivity contribution is -0.122. The van der Waals surface area contributed by atoms with Gasteiger partial charge >= 0.3 is 8.80 Å². The van der Waals surface area contributed by atoms with Gasteiger partial charge in [0.15, 0.2) is 0 Å². The van der Waals surface area contributed by atoms with Crippen LogP contribution in [-0.4, -0.2) is 70.2 Å². The Labute approximate surface area is 132 Å². The third kappa shape index (κ3) is 14.1. The lowest BCUT2D eigenvalue weighted by Gasteiger charge is -2.14. The van der Waals surface area contributed by atoms with E-state index in [9.17, 15) is 19.2 Å². The van der Waals surface area contributed by atoms with Crippen LogP contribution in [0, 0.1) is 6.92 Å². The van der Waals surface area contributed by atoms with Gasteiger partial charge in [-0.15, -0.1) is 0 Å². The highest BCUT2D eigenvalue weighted by atomic mass is 28.4. The molecular formula is C13H25NO7Si. The first-order valence-corrected chi connectivity index (χ1v) is 9.09. The van der Waals surface area contributed by atoms with Crippen LogP contribution >= 0.6 is 0 Å². The summed E-state index contributed by atoms with van der Waals surface area (Å²) >= 11 is 0. The summed E-state index contributed by atoms with van der Waals surface area (Å²) in [5.41, 5.74) is 0. The van der Waals surface area contributed by atoms with Gasteiger partial charge in [0.25, 0.3) is 0 Å². The number of carbonyl (C=O) groups excluding carboxylic acids is 2. The third-order valence-electron chi connectivity index (χ3n) is 2.67. The second-order valence-corrected chi connectivity index (χ2v) is 6.99. The number of Topliss-reactive ketones (excluding diaryl/α,β-unsaturated/α-hetero) is 1. The Kier molecular flexibility index (Phi) is 12.2. The quantitative estimate of drug-likeness (QED) is 0.280. The molecule has 128 valence electrons. The van der Waals surface area contributed by atoms with Crippen molar-refractivity contribution in [2.75, 3.05) is 40.1 Å². The van der Waals surface area contributed by atoms with E-state index in [-0.39, 0.29) is 38.0 Å². The molecule has 0 saturated heterocycles. The predicted molar refractivity (Wildman–Crippen MR) is 79.8 cm³/mol. The van der Waals surface area contributed by atoms with Crippen molar-refractivity contribution >= 4 is 20.5 Å². The Hall–Kier alpha value is -0.843. The van der Waals surface area contributed by atoms with E-state index in [0.717, 1.165) is 0 Å². The van der Waals surface area contributed by atoms with E-state index >= 15 is 0 Å². The fourth-order valence-electron chi connectivity index (χ4n) is 1.40. The molecule has 0 spiro atoms. The molecule has 22 heavy (non-hydrogen) atoms. The fourth-order valence-corrected chi connectivity index (χ4v) is 2.24. The van der Waals surface area contributed by atoms with Crippen molar-refractivity contribution in [1.29, 1.82) is 0 Å². The Balaban J connectivity index is 3.34. The van der Waals surface area contributed by atoms with E-state index in [1.807, 2.05) is 0 Å². The first kappa shape index (κ1) is 21.2. The largest absolute Gasteiger partial charge is 0.495 e. The molecule has 0 fully saturated rings. The molecule has 0 heterocycles. The van der Waals surface area contributed by atoms with Crippen molar-refractivity contribution in [2.45, 2.75) is 25.3 Å². The molecular weight excluding hydrogens is 310 g/mol. The molecule has 0 saturated carbocycles. The van der Waals surface area contributed by atoms with E-state index in [1.165, 1.54) is 7.11 Å². The minimum absolute atomic E-state index is 0.142. The fraction of sp³-hybridized carbons (Fsp3) is 0.769. The highest BCUT2D eigenvalue weighted by molar-refractivity contribution is 6.57. The molecule has 0 unspecified atom stereocenters. The summed E-state index contributed by atoms with van der Waals surface area (Å²) in [6, 6.07) is 0.142. The van der Waals surface area contributed by atoms with Gasteiger partial charge < -0.3 is 28.8 Å². The maximum absolute atomic E-state index is 11.4. The van der Waals surface area contributed by atoms with Crippen LogP contribution in [0.4, 0.5) is 0 Å². The molecule has 0 aromatic rings. The van der Waals surface area contributed by atoms with Crippen molar-refractivity contribution in [2.24, 2.45) is 0 Å². The number of carbonyl (C=O) groups is 2. The van der Waals surface area contributed by atoms with Gasteiger partial charge in [0, 0.05) is 39.5 Å². The number of rotatable bonds is 14. The Bertz CT molecular complexity index is 326. The van der Waals surface area contributed by atoms with Gasteiger partial charge in [0.2, 0.25) is 5.91 Å². The Morgan fingerprint density at radius 1 is 1.09 bits per heavy atom. The van der Waals surface area contributed by atoms with Gasteiger partial charge in [-0.1, -0.05) is 0 Å². The topological polar surface area (TPSA) is 114 Å². The van der Waals surface area contributed by atoms with Gasteiger partial charge in [0.05, 0.1) is 26.4 Å². The highest BCUT2D eigenvalue weighted by Crippen LogP contribution is 2.04. The minimum atomic E-state index is -3.52. The number of ketones is 1. The van der Waals surface area contributed by atoms with Gasteiger partial charge in [-0.2, -0.15) is 0 Å². The monoisotopic (exact) mass is 335 g/mol. The zero-order chi connectivity index (χ0) is 16.8. The molecule has 0 aliphatic carbocycles. The molecule has 2 radical (unpaired) electrons. The number of hydrogen-bond acceptors (Lipinski definition) is 7. The van der Waals surface area contributed by atoms with Crippen LogP contribution in [-0.2, 0) is 23.5 Å². The van der Waals surface area contributed by atoms with E-state index in [2.05, 4.69) is 9.74 Å². The van der Waals surface area contributed by atoms with Crippen molar-refractivity contribution in [3.8, 4) is 0 Å². The molecule has 1 amide bonds. The van der Waals surface area contributed by atoms with Crippen molar-refractivity contribution in [3.63, 3.8) is 0 Å². The number of ether oxygens (including phenoxy) is 2. The van der Waals surface area contributed by atoms with Crippen LogP contribution in [0.1, 0.15) is 19.3 Å². The van der Waals surface area contributed by atoms with E-state index < -0.39 is 14.6 Å². The summed E-state index contributed by atoms with van der Waals surface area (Å²) in [7, 11) is -2.27. The molecule has 0 rings (SSSR count). The standard InChI is InChI=1S/C13H25NO7Si/c1-12(15)4-7-20-9-10-21-8-5-13(16)14-6-3-11-22(17,18)19-2/h1,17-18H,3-11H2,2H3,(H,14,16). The molecule has 3 N–H and O–H groups in total. The Morgan fingerprint density at radius 2 is 1.68 bits per heavy atom. The highest BCUT2D eigenvalue weighted by Gasteiger charge is 2.29. The lowest BCUT2D eigenvalue weighted by atomic mass is 10.3. The average molecular weight is 335 g/mol. The second-order valence-electron chi connectivity index (χ2n) is 4.59. The molecule has 9 heteroatoms. The van der Waals surface area contributed by atoms with E-state index in [1.54, 1.807) is 0 Å². The molecule has 0 atom stereocenters. The summed E-state index contributed by atoms with van der Waals surface area (Å²) < 4.78 is 14.8. The molecule has 0 aliphatic rings. The zero-order valence-corrected chi connectivity index (χ0v) is 13.9. The van der Waals surface area contributed by atoms with E-state index in [0.29, 0.717) is 26.2 Å². The minimum Gasteiger partial charge on any atom is -0.390 e. The van der Waals surface area contributed by atoms with Crippen LogP contribution in [0.25, 0.3) is 0 Å². The first-order valence-electron chi connectivity index (χ1n) is 7.08. The van der Waals surface area contributed by atoms with Crippen LogP contribution in [0.5, 0.6) is 0 Å². The Morgan fingerprint density at radius 3 is 2.23 bits per heavy atom. The van der Waals surface area contributed by atoms with Gasteiger partial charge in [-0.3, -0.25) is 9.59 Å². The second kappa shape index (κ2) is 12.7. The molecule has 0 aliphatic heterocycles. The lowest BCUT2D eigenvalue weighted by Crippen LogP contribution is -2.38. The maximum Gasteiger partial charge on any atom is 0.495 e. The molecule has 0 aromatic carbocycles. The summed E-state index contributed by atoms with van der Waals surface area (Å²) in [5, 5.41) is 2.65. The predicted octanol–water partition coefficient (Wildman–Crippen LogP) is -0.844. The van der Waals surface area contributed by atoms with Gasteiger partial charge in [0.1, 0.15) is 5.78 Å². The van der Waals surface area contributed by atoms with E-state index in [4.69, 9.17) is 16.4 Å². The SMILES string of the molecule is [CH]C(=O)CCOCCOCCC(=O)NCCC[Si](O)(O)OC. The third-order valence-corrected chi connectivity index (χ3v) is 4.33. The molecule has 0 aromatic heterocycles. The maximum atomic E-state index is 11.4. The van der Waals surface area contributed by atoms with Crippen molar-refractivity contribution < 1.29 is 33.1 Å². The van der Waals surface area contributed by atoms with Gasteiger partial charge in [-0.25, -0.2) is 0 Å². The normalized spacial score (nSPS) is 11.5. The van der Waals surface area contributed by atoms with Crippen molar-refractivity contribution in [3.05, 3.63) is 6.92 Å². The number of hydrogen-bond donors (Lipinski definition) is 3. The molecule has 0 bridgehead atoms. The number of nitrogens with one attached hydrogen (secondary N) is 1.